The SMILES string of the molecule is CC(C)Oc1ccc(NC(=O)C2(C)COC(c3ccccc3)OC2)c2ccccc12. The number of carbonyl (C=O) groups excluding carboxylic acids is 1. The molecule has 0 saturated carbocycles. The summed E-state index contributed by atoms with van der Waals surface area (Å²) in [5, 5.41) is 4.98. The van der Waals surface area contributed by atoms with Gasteiger partial charge >= 0.3 is 0 Å². The van der Waals surface area contributed by atoms with Crippen LogP contribution < -0.4 is 10.1 Å². The van der Waals surface area contributed by atoms with Crippen LogP contribution in [0.15, 0.2) is 66.7 Å². The number of benzene rings is 3. The van der Waals surface area contributed by atoms with Gasteiger partial charge in [-0.25, -0.2) is 0 Å². The van der Waals surface area contributed by atoms with Crippen LogP contribution in [0.2, 0.25) is 0 Å². The van der Waals surface area contributed by atoms with Crippen LogP contribution in [0.1, 0.15) is 32.6 Å². The van der Waals surface area contributed by atoms with E-state index in [1.807, 2.05) is 87.5 Å². The number of hydrogen-bond acceptors (Lipinski definition) is 4. The lowest BCUT2D eigenvalue weighted by atomic mass is 9.90. The summed E-state index contributed by atoms with van der Waals surface area (Å²) in [6.45, 7) is 6.42. The van der Waals surface area contributed by atoms with E-state index in [0.29, 0.717) is 0 Å². The Morgan fingerprint density at radius 3 is 2.27 bits per heavy atom. The van der Waals surface area contributed by atoms with Crippen molar-refractivity contribution in [1.29, 1.82) is 0 Å². The zero-order chi connectivity index (χ0) is 21.1. The summed E-state index contributed by atoms with van der Waals surface area (Å²) in [6, 6.07) is 21.5. The molecule has 3 aromatic carbocycles. The van der Waals surface area contributed by atoms with Crippen molar-refractivity contribution in [2.45, 2.75) is 33.2 Å². The maximum absolute atomic E-state index is 13.1. The highest BCUT2D eigenvalue weighted by Crippen LogP contribution is 2.35. The van der Waals surface area contributed by atoms with E-state index in [0.717, 1.165) is 27.8 Å². The largest absolute Gasteiger partial charge is 0.490 e. The summed E-state index contributed by atoms with van der Waals surface area (Å²) < 4.78 is 17.7. The normalized spacial score (nSPS) is 21.5. The minimum absolute atomic E-state index is 0.0712. The smallest absolute Gasteiger partial charge is 0.235 e. The van der Waals surface area contributed by atoms with Gasteiger partial charge in [-0.05, 0) is 32.9 Å². The lowest BCUT2D eigenvalue weighted by Crippen LogP contribution is -2.45. The molecule has 0 aliphatic carbocycles. The van der Waals surface area contributed by atoms with Crippen molar-refractivity contribution in [3.05, 3.63) is 72.3 Å². The molecule has 0 spiro atoms. The van der Waals surface area contributed by atoms with Crippen LogP contribution in [0.25, 0.3) is 10.8 Å². The summed E-state index contributed by atoms with van der Waals surface area (Å²) in [7, 11) is 0. The lowest BCUT2D eigenvalue weighted by Gasteiger charge is -2.36. The van der Waals surface area contributed by atoms with Gasteiger partial charge in [-0.1, -0.05) is 54.6 Å². The first-order chi connectivity index (χ1) is 14.5. The molecular weight excluding hydrogens is 378 g/mol. The quantitative estimate of drug-likeness (QED) is 0.624. The zero-order valence-electron chi connectivity index (χ0n) is 17.6. The molecule has 5 nitrogen and oxygen atoms in total. The number of ether oxygens (including phenoxy) is 3. The predicted molar refractivity (Wildman–Crippen MR) is 118 cm³/mol. The summed E-state index contributed by atoms with van der Waals surface area (Å²) in [6.07, 6.45) is -0.373. The molecule has 1 N–H and O–H groups in total. The highest BCUT2D eigenvalue weighted by molar-refractivity contribution is 6.05. The van der Waals surface area contributed by atoms with E-state index in [9.17, 15) is 4.79 Å². The number of hydrogen-bond donors (Lipinski definition) is 1. The Kier molecular flexibility index (Phi) is 5.75. The van der Waals surface area contributed by atoms with E-state index in [1.165, 1.54) is 0 Å². The third-order valence-electron chi connectivity index (χ3n) is 5.22. The van der Waals surface area contributed by atoms with Gasteiger partial charge in [0.1, 0.15) is 5.75 Å². The number of fused-ring (bicyclic) bond motifs is 1. The predicted octanol–water partition coefficient (Wildman–Crippen LogP) is 5.32. The fraction of sp³-hybridized carbons (Fsp3) is 0.320. The first-order valence-electron chi connectivity index (χ1n) is 10.2. The molecule has 156 valence electrons. The molecule has 0 aromatic heterocycles. The average molecular weight is 405 g/mol. The van der Waals surface area contributed by atoms with Crippen LogP contribution in [0.4, 0.5) is 5.69 Å². The van der Waals surface area contributed by atoms with E-state index in [2.05, 4.69) is 5.32 Å². The lowest BCUT2D eigenvalue weighted by molar-refractivity contribution is -0.226. The summed E-state index contributed by atoms with van der Waals surface area (Å²) in [5.41, 5.74) is 0.921. The molecular formula is C25H27NO4. The van der Waals surface area contributed by atoms with Gasteiger partial charge < -0.3 is 19.5 Å². The summed E-state index contributed by atoms with van der Waals surface area (Å²) >= 11 is 0. The van der Waals surface area contributed by atoms with Crippen molar-refractivity contribution >= 4 is 22.4 Å². The molecule has 1 heterocycles. The van der Waals surface area contributed by atoms with Gasteiger partial charge in [0.25, 0.3) is 0 Å². The molecule has 1 saturated heterocycles. The number of anilines is 1. The van der Waals surface area contributed by atoms with E-state index >= 15 is 0 Å². The Balaban J connectivity index is 1.51. The number of carbonyl (C=O) groups is 1. The molecule has 5 heteroatoms. The molecule has 4 rings (SSSR count). The van der Waals surface area contributed by atoms with Crippen molar-refractivity contribution in [3.63, 3.8) is 0 Å². The Labute approximate surface area is 177 Å². The van der Waals surface area contributed by atoms with Crippen LogP contribution in [0.5, 0.6) is 5.75 Å². The van der Waals surface area contributed by atoms with Crippen LogP contribution >= 0.6 is 0 Å². The fourth-order valence-electron chi connectivity index (χ4n) is 3.55. The van der Waals surface area contributed by atoms with E-state index < -0.39 is 11.7 Å². The summed E-state index contributed by atoms with van der Waals surface area (Å²) in [4.78, 5) is 13.1. The van der Waals surface area contributed by atoms with Gasteiger partial charge in [0.2, 0.25) is 5.91 Å². The minimum Gasteiger partial charge on any atom is -0.490 e. The monoisotopic (exact) mass is 405 g/mol. The molecule has 1 aliphatic heterocycles. The van der Waals surface area contributed by atoms with Gasteiger partial charge in [-0.3, -0.25) is 4.79 Å². The van der Waals surface area contributed by atoms with E-state index in [-0.39, 0.29) is 25.2 Å². The van der Waals surface area contributed by atoms with Crippen LogP contribution in [-0.4, -0.2) is 25.2 Å². The second-order valence-electron chi connectivity index (χ2n) is 8.20. The third kappa shape index (κ3) is 4.18. The first-order valence-corrected chi connectivity index (χ1v) is 10.2. The van der Waals surface area contributed by atoms with Gasteiger partial charge in [0.15, 0.2) is 6.29 Å². The van der Waals surface area contributed by atoms with Gasteiger partial charge in [-0.2, -0.15) is 0 Å². The highest BCUT2D eigenvalue weighted by Gasteiger charge is 2.40. The molecule has 1 fully saturated rings. The molecule has 1 amide bonds. The molecule has 0 bridgehead atoms. The van der Waals surface area contributed by atoms with Gasteiger partial charge in [0, 0.05) is 22.0 Å². The third-order valence-corrected chi connectivity index (χ3v) is 5.22. The van der Waals surface area contributed by atoms with Crippen LogP contribution in [0.3, 0.4) is 0 Å². The topological polar surface area (TPSA) is 56.8 Å². The molecule has 3 aromatic rings. The second kappa shape index (κ2) is 8.46. The Bertz CT molecular complexity index is 1020. The maximum atomic E-state index is 13.1. The van der Waals surface area contributed by atoms with Crippen molar-refractivity contribution in [2.24, 2.45) is 5.41 Å². The maximum Gasteiger partial charge on any atom is 0.235 e. The minimum atomic E-state index is -0.778. The highest BCUT2D eigenvalue weighted by atomic mass is 16.7. The molecule has 30 heavy (non-hydrogen) atoms. The van der Waals surface area contributed by atoms with Crippen molar-refractivity contribution < 1.29 is 19.0 Å². The van der Waals surface area contributed by atoms with Gasteiger partial charge in [0.05, 0.1) is 24.7 Å². The molecule has 0 radical (unpaired) electrons. The standard InChI is InChI=1S/C25H27NO4/c1-17(2)30-22-14-13-21(19-11-7-8-12-20(19)22)26-24(27)25(3)15-28-23(29-16-25)18-9-5-4-6-10-18/h4-14,17,23H,15-16H2,1-3H3,(H,26,27). The van der Waals surface area contributed by atoms with Crippen LogP contribution in [0, 0.1) is 5.41 Å². The Morgan fingerprint density at radius 2 is 1.60 bits per heavy atom. The average Bonchev–Trinajstić information content (AvgIpc) is 2.76. The molecule has 0 unspecified atom stereocenters. The zero-order valence-corrected chi connectivity index (χ0v) is 17.6. The Hall–Kier alpha value is -2.89. The van der Waals surface area contributed by atoms with Crippen molar-refractivity contribution in [2.75, 3.05) is 18.5 Å². The number of rotatable bonds is 5. The van der Waals surface area contributed by atoms with Crippen molar-refractivity contribution in [1.82, 2.24) is 0 Å². The number of nitrogens with one attached hydrogen (secondary N) is 1. The summed E-state index contributed by atoms with van der Waals surface area (Å²) in [5.74, 6) is 0.677. The second-order valence-corrected chi connectivity index (χ2v) is 8.20. The molecule has 0 atom stereocenters. The van der Waals surface area contributed by atoms with Crippen molar-refractivity contribution in [3.8, 4) is 5.75 Å². The first kappa shape index (κ1) is 20.4. The fourth-order valence-corrected chi connectivity index (χ4v) is 3.55. The van der Waals surface area contributed by atoms with E-state index in [1.54, 1.807) is 0 Å². The van der Waals surface area contributed by atoms with Crippen LogP contribution in [-0.2, 0) is 14.3 Å². The molecule has 1 aliphatic rings. The van der Waals surface area contributed by atoms with Gasteiger partial charge in [-0.15, -0.1) is 0 Å². The Morgan fingerprint density at radius 1 is 0.967 bits per heavy atom. The number of amides is 1. The van der Waals surface area contributed by atoms with E-state index in [4.69, 9.17) is 14.2 Å².